The van der Waals surface area contributed by atoms with Crippen molar-refractivity contribution in [2.45, 2.75) is 18.8 Å². The van der Waals surface area contributed by atoms with Gasteiger partial charge in [-0.2, -0.15) is 13.2 Å². The summed E-state index contributed by atoms with van der Waals surface area (Å²) in [4.78, 5) is 27.9. The van der Waals surface area contributed by atoms with Gasteiger partial charge in [0.15, 0.2) is 6.04 Å². The Morgan fingerprint density at radius 1 is 0.838 bits per heavy atom. The van der Waals surface area contributed by atoms with E-state index in [4.69, 9.17) is 18.9 Å². The van der Waals surface area contributed by atoms with E-state index in [0.717, 1.165) is 24.1 Å². The number of alkyl halides is 3. The van der Waals surface area contributed by atoms with E-state index in [1.54, 1.807) is 18.2 Å². The normalized spacial score (nSPS) is 11.9. The van der Waals surface area contributed by atoms with Crippen LogP contribution in [0.3, 0.4) is 0 Å². The number of halogens is 3. The van der Waals surface area contributed by atoms with Crippen molar-refractivity contribution in [2.24, 2.45) is 0 Å². The molecular weight excluding hydrogens is 491 g/mol. The molecular formula is C27H26F3NO6. The third-order valence-corrected chi connectivity index (χ3v) is 5.73. The van der Waals surface area contributed by atoms with E-state index < -0.39 is 35.2 Å². The van der Waals surface area contributed by atoms with E-state index in [2.05, 4.69) is 0 Å². The van der Waals surface area contributed by atoms with Gasteiger partial charge in [-0.15, -0.1) is 0 Å². The zero-order valence-electron chi connectivity index (χ0n) is 20.7. The first kappa shape index (κ1) is 27.4. The van der Waals surface area contributed by atoms with Crippen LogP contribution in [0.2, 0.25) is 0 Å². The van der Waals surface area contributed by atoms with Crippen LogP contribution in [0.4, 0.5) is 13.2 Å². The Kier molecular flexibility index (Phi) is 8.65. The minimum atomic E-state index is -4.78. The lowest BCUT2D eigenvalue weighted by molar-refractivity contribution is -0.148. The van der Waals surface area contributed by atoms with Crippen molar-refractivity contribution < 1.29 is 41.7 Å². The smallest absolute Gasteiger partial charge is 0.416 e. The Hall–Kier alpha value is -4.21. The molecule has 3 aromatic rings. The molecule has 0 radical (unpaired) electrons. The predicted molar refractivity (Wildman–Crippen MR) is 129 cm³/mol. The molecule has 0 saturated carbocycles. The van der Waals surface area contributed by atoms with Gasteiger partial charge in [0.1, 0.15) is 17.2 Å². The molecule has 1 amide bonds. The molecule has 3 aromatic carbocycles. The van der Waals surface area contributed by atoms with Crippen LogP contribution in [0.5, 0.6) is 17.2 Å². The second kappa shape index (κ2) is 11.7. The van der Waals surface area contributed by atoms with Gasteiger partial charge in [-0.1, -0.05) is 18.2 Å². The first-order valence-corrected chi connectivity index (χ1v) is 11.0. The number of nitrogens with zero attached hydrogens (tertiary/aromatic N) is 1. The summed E-state index contributed by atoms with van der Waals surface area (Å²) in [6.07, 6.45) is -4.78. The summed E-state index contributed by atoms with van der Waals surface area (Å²) < 4.78 is 62.6. The van der Waals surface area contributed by atoms with Gasteiger partial charge in [-0.3, -0.25) is 4.79 Å². The second-order valence-corrected chi connectivity index (χ2v) is 7.85. The fourth-order valence-electron chi connectivity index (χ4n) is 3.87. The van der Waals surface area contributed by atoms with Crippen molar-refractivity contribution in [1.29, 1.82) is 0 Å². The molecule has 0 aromatic heterocycles. The standard InChI is InChI=1S/C27H26F3NO6/c1-34-19-12-9-17(10-13-19)25(32)31(16-18-11-14-20(35-2)15-23(18)36-3)24(26(33)37-4)21-7-5-6-8-22(21)27(28,29)30/h5-15,24H,16H2,1-4H3. The van der Waals surface area contributed by atoms with Gasteiger partial charge < -0.3 is 23.8 Å². The van der Waals surface area contributed by atoms with E-state index in [9.17, 15) is 22.8 Å². The van der Waals surface area contributed by atoms with Gasteiger partial charge in [-0.25, -0.2) is 4.79 Å². The van der Waals surface area contributed by atoms with E-state index in [1.165, 1.54) is 57.7 Å². The number of hydrogen-bond acceptors (Lipinski definition) is 6. The van der Waals surface area contributed by atoms with Crippen molar-refractivity contribution in [3.63, 3.8) is 0 Å². The van der Waals surface area contributed by atoms with Gasteiger partial charge in [0.05, 0.1) is 40.5 Å². The van der Waals surface area contributed by atoms with E-state index in [1.807, 2.05) is 0 Å². The number of benzene rings is 3. The molecule has 37 heavy (non-hydrogen) atoms. The van der Waals surface area contributed by atoms with E-state index >= 15 is 0 Å². The Morgan fingerprint density at radius 2 is 1.46 bits per heavy atom. The Morgan fingerprint density at radius 3 is 2.03 bits per heavy atom. The molecule has 0 aliphatic heterocycles. The summed E-state index contributed by atoms with van der Waals surface area (Å²) in [5, 5.41) is 0. The Labute approximate surface area is 212 Å². The maximum Gasteiger partial charge on any atom is 0.416 e. The topological polar surface area (TPSA) is 74.3 Å². The molecule has 10 heteroatoms. The largest absolute Gasteiger partial charge is 0.497 e. The summed E-state index contributed by atoms with van der Waals surface area (Å²) in [5.41, 5.74) is -0.911. The second-order valence-electron chi connectivity index (χ2n) is 7.85. The van der Waals surface area contributed by atoms with Gasteiger partial charge in [0.2, 0.25) is 0 Å². The molecule has 0 saturated heterocycles. The van der Waals surface area contributed by atoms with Crippen molar-refractivity contribution in [3.8, 4) is 17.2 Å². The van der Waals surface area contributed by atoms with Crippen molar-refractivity contribution in [2.75, 3.05) is 28.4 Å². The third kappa shape index (κ3) is 6.14. The summed E-state index contributed by atoms with van der Waals surface area (Å²) >= 11 is 0. The third-order valence-electron chi connectivity index (χ3n) is 5.73. The molecule has 3 rings (SSSR count). The fourth-order valence-corrected chi connectivity index (χ4v) is 3.87. The maximum absolute atomic E-state index is 14.0. The monoisotopic (exact) mass is 517 g/mol. The van der Waals surface area contributed by atoms with Crippen LogP contribution < -0.4 is 14.2 Å². The Balaban J connectivity index is 2.22. The zero-order chi connectivity index (χ0) is 27.2. The van der Waals surface area contributed by atoms with Gasteiger partial charge >= 0.3 is 12.1 Å². The van der Waals surface area contributed by atoms with Crippen LogP contribution in [0.1, 0.15) is 33.1 Å². The minimum Gasteiger partial charge on any atom is -0.497 e. The molecule has 0 fully saturated rings. The predicted octanol–water partition coefficient (Wildman–Crippen LogP) is 5.29. The molecule has 1 unspecified atom stereocenters. The molecule has 0 aliphatic carbocycles. The lowest BCUT2D eigenvalue weighted by Crippen LogP contribution is -2.40. The highest BCUT2D eigenvalue weighted by molar-refractivity contribution is 5.97. The summed E-state index contributed by atoms with van der Waals surface area (Å²) in [6.45, 7) is -0.274. The molecule has 196 valence electrons. The van der Waals surface area contributed by atoms with Gasteiger partial charge in [0, 0.05) is 17.2 Å². The highest BCUT2D eigenvalue weighted by atomic mass is 19.4. The van der Waals surface area contributed by atoms with Crippen LogP contribution in [0.25, 0.3) is 0 Å². The fraction of sp³-hybridized carbons (Fsp3) is 0.259. The first-order valence-electron chi connectivity index (χ1n) is 11.0. The summed E-state index contributed by atoms with van der Waals surface area (Å²) in [6, 6.07) is 13.7. The molecule has 0 spiro atoms. The average molecular weight is 518 g/mol. The van der Waals surface area contributed by atoms with Crippen LogP contribution in [0, 0.1) is 0 Å². The Bertz CT molecular complexity index is 1240. The number of esters is 1. The highest BCUT2D eigenvalue weighted by Crippen LogP contribution is 2.38. The average Bonchev–Trinajstić information content (AvgIpc) is 2.91. The molecule has 1 atom stereocenters. The van der Waals surface area contributed by atoms with E-state index in [-0.39, 0.29) is 12.1 Å². The van der Waals surface area contributed by atoms with Crippen molar-refractivity contribution >= 4 is 11.9 Å². The van der Waals surface area contributed by atoms with Crippen molar-refractivity contribution in [3.05, 3.63) is 89.0 Å². The quantitative estimate of drug-likeness (QED) is 0.359. The van der Waals surface area contributed by atoms with E-state index in [0.29, 0.717) is 22.8 Å². The number of ether oxygens (including phenoxy) is 4. The number of methoxy groups -OCH3 is 4. The van der Waals surface area contributed by atoms with Crippen LogP contribution in [-0.2, 0) is 22.3 Å². The summed E-state index contributed by atoms with van der Waals surface area (Å²) in [7, 11) is 5.38. The minimum absolute atomic E-state index is 0.131. The number of carbonyl (C=O) groups excluding carboxylic acids is 2. The molecule has 0 bridgehead atoms. The molecule has 0 heterocycles. The number of carbonyl (C=O) groups is 2. The maximum atomic E-state index is 14.0. The van der Waals surface area contributed by atoms with Gasteiger partial charge in [0.25, 0.3) is 5.91 Å². The van der Waals surface area contributed by atoms with Crippen LogP contribution in [-0.4, -0.2) is 45.2 Å². The number of amides is 1. The van der Waals surface area contributed by atoms with Crippen LogP contribution in [0.15, 0.2) is 66.7 Å². The lowest BCUT2D eigenvalue weighted by atomic mass is 9.97. The van der Waals surface area contributed by atoms with Crippen molar-refractivity contribution in [1.82, 2.24) is 4.90 Å². The zero-order valence-corrected chi connectivity index (χ0v) is 20.7. The van der Waals surface area contributed by atoms with Gasteiger partial charge in [-0.05, 0) is 48.0 Å². The molecule has 0 aliphatic rings. The summed E-state index contributed by atoms with van der Waals surface area (Å²) in [5.74, 6) is -0.467. The van der Waals surface area contributed by atoms with Crippen LogP contribution >= 0.6 is 0 Å². The SMILES string of the molecule is COC(=O)C(c1ccccc1C(F)(F)F)N(Cc1ccc(OC)cc1OC)C(=O)c1ccc(OC)cc1. The highest BCUT2D eigenvalue weighted by Gasteiger charge is 2.41. The number of hydrogen-bond donors (Lipinski definition) is 0. The number of rotatable bonds is 9. The molecule has 7 nitrogen and oxygen atoms in total. The first-order chi connectivity index (χ1) is 17.6. The molecule has 0 N–H and O–H groups in total. The lowest BCUT2D eigenvalue weighted by Gasteiger charge is -2.32.